The zero-order valence-electron chi connectivity index (χ0n) is 13.1. The average Bonchev–Trinajstić information content (AvgIpc) is 3.15. The lowest BCUT2D eigenvalue weighted by molar-refractivity contribution is 0.0559. The van der Waals surface area contributed by atoms with Gasteiger partial charge in [-0.2, -0.15) is 5.26 Å². The van der Waals surface area contributed by atoms with Crippen LogP contribution in [-0.4, -0.2) is 33.2 Å². The molecule has 6 nitrogen and oxygen atoms in total. The van der Waals surface area contributed by atoms with Crippen LogP contribution in [0.3, 0.4) is 0 Å². The molecule has 1 N–H and O–H groups in total. The number of nitriles is 1. The van der Waals surface area contributed by atoms with E-state index in [0.29, 0.717) is 35.8 Å². The van der Waals surface area contributed by atoms with E-state index in [1.54, 1.807) is 29.1 Å². The Kier molecular flexibility index (Phi) is 4.00. The van der Waals surface area contributed by atoms with Crippen LogP contribution in [-0.2, 0) is 5.60 Å². The van der Waals surface area contributed by atoms with E-state index in [0.717, 1.165) is 5.69 Å². The van der Waals surface area contributed by atoms with Crippen LogP contribution >= 0.6 is 11.6 Å². The molecular formula is C16H18ClN5O. The van der Waals surface area contributed by atoms with Gasteiger partial charge in [-0.3, -0.25) is 0 Å². The van der Waals surface area contributed by atoms with Crippen LogP contribution in [0.2, 0.25) is 5.02 Å². The highest BCUT2D eigenvalue weighted by Crippen LogP contribution is 2.35. The maximum atomic E-state index is 10.9. The average molecular weight is 332 g/mol. The van der Waals surface area contributed by atoms with Crippen molar-refractivity contribution in [2.45, 2.75) is 31.9 Å². The number of β-amino-alcohol motifs (C(OH)–C–C–N with tert-alkyl or cyclic N) is 1. The Morgan fingerprint density at radius 2 is 2.22 bits per heavy atom. The van der Waals surface area contributed by atoms with Crippen LogP contribution in [0.25, 0.3) is 0 Å². The summed E-state index contributed by atoms with van der Waals surface area (Å²) in [5.41, 5.74) is 0.785. The van der Waals surface area contributed by atoms with E-state index < -0.39 is 5.60 Å². The van der Waals surface area contributed by atoms with Crippen LogP contribution in [0.15, 0.2) is 24.4 Å². The van der Waals surface area contributed by atoms with Gasteiger partial charge in [0.2, 0.25) is 0 Å². The molecule has 120 valence electrons. The molecule has 1 aromatic heterocycles. The zero-order chi connectivity index (χ0) is 16.6. The van der Waals surface area contributed by atoms with Crippen molar-refractivity contribution in [1.82, 2.24) is 15.0 Å². The number of rotatable bonds is 3. The second-order valence-electron chi connectivity index (χ2n) is 6.15. The van der Waals surface area contributed by atoms with Gasteiger partial charge < -0.3 is 10.0 Å². The van der Waals surface area contributed by atoms with E-state index in [-0.39, 0.29) is 6.04 Å². The quantitative estimate of drug-likeness (QED) is 0.934. The van der Waals surface area contributed by atoms with Gasteiger partial charge in [0.25, 0.3) is 0 Å². The molecule has 0 spiro atoms. The van der Waals surface area contributed by atoms with Crippen molar-refractivity contribution in [2.24, 2.45) is 0 Å². The first kappa shape index (κ1) is 15.8. The molecule has 0 saturated carbocycles. The van der Waals surface area contributed by atoms with Gasteiger partial charge in [0.05, 0.1) is 24.0 Å². The van der Waals surface area contributed by atoms with Crippen molar-refractivity contribution in [3.63, 3.8) is 0 Å². The molecule has 0 unspecified atom stereocenters. The fourth-order valence-electron chi connectivity index (χ4n) is 2.81. The Labute approximate surface area is 139 Å². The highest BCUT2D eigenvalue weighted by molar-refractivity contribution is 6.30. The third-order valence-electron chi connectivity index (χ3n) is 4.18. The largest absolute Gasteiger partial charge is 0.381 e. The van der Waals surface area contributed by atoms with Gasteiger partial charge in [-0.1, -0.05) is 16.8 Å². The van der Waals surface area contributed by atoms with E-state index in [1.165, 1.54) is 0 Å². The van der Waals surface area contributed by atoms with E-state index in [1.807, 2.05) is 18.7 Å². The molecule has 3 rings (SSSR count). The Hall–Kier alpha value is -2.10. The molecule has 1 fully saturated rings. The highest BCUT2D eigenvalue weighted by Gasteiger charge is 2.41. The summed E-state index contributed by atoms with van der Waals surface area (Å²) in [6, 6.07) is 7.52. The molecule has 7 heteroatoms. The van der Waals surface area contributed by atoms with Gasteiger partial charge in [0.1, 0.15) is 17.4 Å². The van der Waals surface area contributed by atoms with Gasteiger partial charge in [0, 0.05) is 24.0 Å². The molecule has 1 aliphatic heterocycles. The SMILES string of the molecule is CC(C)n1cc([C@@]2(O)CCN(c3cc(Cl)ccc3C#N)C2)nn1. The third-order valence-corrected chi connectivity index (χ3v) is 4.42. The van der Waals surface area contributed by atoms with Gasteiger partial charge >= 0.3 is 0 Å². The molecule has 23 heavy (non-hydrogen) atoms. The Morgan fingerprint density at radius 1 is 1.43 bits per heavy atom. The monoisotopic (exact) mass is 331 g/mol. The zero-order valence-corrected chi connectivity index (χ0v) is 13.8. The number of hydrogen-bond donors (Lipinski definition) is 1. The maximum absolute atomic E-state index is 10.9. The molecular weight excluding hydrogens is 314 g/mol. The smallest absolute Gasteiger partial charge is 0.129 e. The summed E-state index contributed by atoms with van der Waals surface area (Å²) in [5, 5.41) is 29.0. The summed E-state index contributed by atoms with van der Waals surface area (Å²) in [6.45, 7) is 5.00. The lowest BCUT2D eigenvalue weighted by Crippen LogP contribution is -2.31. The number of aliphatic hydroxyl groups is 1. The fraction of sp³-hybridized carbons (Fsp3) is 0.438. The summed E-state index contributed by atoms with van der Waals surface area (Å²) in [4.78, 5) is 1.97. The van der Waals surface area contributed by atoms with Gasteiger partial charge in [-0.15, -0.1) is 5.10 Å². The van der Waals surface area contributed by atoms with Crippen molar-refractivity contribution in [3.8, 4) is 6.07 Å². The van der Waals surface area contributed by atoms with Gasteiger partial charge in [0.15, 0.2) is 0 Å². The van der Waals surface area contributed by atoms with E-state index in [4.69, 9.17) is 11.6 Å². The molecule has 2 heterocycles. The normalized spacial score (nSPS) is 21.0. The fourth-order valence-corrected chi connectivity index (χ4v) is 2.98. The number of benzene rings is 1. The van der Waals surface area contributed by atoms with E-state index >= 15 is 0 Å². The minimum Gasteiger partial charge on any atom is -0.381 e. The number of halogens is 1. The Morgan fingerprint density at radius 3 is 2.87 bits per heavy atom. The predicted molar refractivity (Wildman–Crippen MR) is 87.3 cm³/mol. The summed E-state index contributed by atoms with van der Waals surface area (Å²) in [7, 11) is 0. The maximum Gasteiger partial charge on any atom is 0.129 e. The molecule has 1 saturated heterocycles. The van der Waals surface area contributed by atoms with E-state index in [9.17, 15) is 10.4 Å². The lowest BCUT2D eigenvalue weighted by Gasteiger charge is -2.23. The van der Waals surface area contributed by atoms with Crippen LogP contribution < -0.4 is 4.90 Å². The molecule has 0 radical (unpaired) electrons. The first-order chi connectivity index (χ1) is 10.9. The summed E-state index contributed by atoms with van der Waals surface area (Å²) in [5.74, 6) is 0. The summed E-state index contributed by atoms with van der Waals surface area (Å²) >= 11 is 6.05. The molecule has 0 aliphatic carbocycles. The minimum absolute atomic E-state index is 0.190. The van der Waals surface area contributed by atoms with Crippen LogP contribution in [0, 0.1) is 11.3 Å². The number of aromatic nitrogens is 3. The second-order valence-corrected chi connectivity index (χ2v) is 6.59. The second kappa shape index (κ2) is 5.84. The Balaban J connectivity index is 1.88. The summed E-state index contributed by atoms with van der Waals surface area (Å²) < 4.78 is 1.73. The standard InChI is InChI=1S/C16H18ClN5O/c1-11(2)22-9-15(19-20-22)16(23)5-6-21(10-16)14-7-13(17)4-3-12(14)8-18/h3-4,7,9,11,23H,5-6,10H2,1-2H3/t16-/m1/s1. The molecule has 2 aromatic rings. The first-order valence-corrected chi connectivity index (χ1v) is 7.90. The number of anilines is 1. The minimum atomic E-state index is -1.07. The van der Waals surface area contributed by atoms with Crippen LogP contribution in [0.5, 0.6) is 0 Å². The van der Waals surface area contributed by atoms with Crippen molar-refractivity contribution in [1.29, 1.82) is 5.26 Å². The Bertz CT molecular complexity index is 766. The van der Waals surface area contributed by atoms with Crippen molar-refractivity contribution in [2.75, 3.05) is 18.0 Å². The first-order valence-electron chi connectivity index (χ1n) is 7.52. The molecule has 0 bridgehead atoms. The third kappa shape index (κ3) is 2.90. The van der Waals surface area contributed by atoms with Crippen LogP contribution in [0.4, 0.5) is 5.69 Å². The van der Waals surface area contributed by atoms with Gasteiger partial charge in [-0.25, -0.2) is 4.68 Å². The van der Waals surface area contributed by atoms with E-state index in [2.05, 4.69) is 16.4 Å². The van der Waals surface area contributed by atoms with Crippen molar-refractivity contribution < 1.29 is 5.11 Å². The molecule has 1 atom stereocenters. The summed E-state index contributed by atoms with van der Waals surface area (Å²) in [6.07, 6.45) is 2.32. The van der Waals surface area contributed by atoms with Crippen molar-refractivity contribution >= 4 is 17.3 Å². The molecule has 0 amide bonds. The highest BCUT2D eigenvalue weighted by atomic mass is 35.5. The van der Waals surface area contributed by atoms with Gasteiger partial charge in [-0.05, 0) is 32.0 Å². The topological polar surface area (TPSA) is 78.0 Å². The number of hydrogen-bond acceptors (Lipinski definition) is 5. The molecule has 1 aromatic carbocycles. The molecule has 1 aliphatic rings. The van der Waals surface area contributed by atoms with Crippen molar-refractivity contribution in [3.05, 3.63) is 40.7 Å². The van der Waals surface area contributed by atoms with Crippen LogP contribution in [0.1, 0.15) is 37.6 Å². The lowest BCUT2D eigenvalue weighted by atomic mass is 10.00. The predicted octanol–water partition coefficient (Wildman–Crippen LogP) is 2.48. The number of nitrogens with zero attached hydrogens (tertiary/aromatic N) is 5.